The van der Waals surface area contributed by atoms with Crippen LogP contribution in [0.4, 0.5) is 0 Å². The monoisotopic (exact) mass is 390 g/mol. The SMILES string of the molecule is COCCn1c(O)c(C(=O)COc2ccc(Cl)cc2C)c(C)c(C#N)c1=O. The molecule has 1 N–H and O–H groups in total. The van der Waals surface area contributed by atoms with Gasteiger partial charge in [-0.2, -0.15) is 5.26 Å². The zero-order valence-corrected chi connectivity index (χ0v) is 16.0. The molecule has 0 unspecified atom stereocenters. The quantitative estimate of drug-likeness (QED) is 0.729. The van der Waals surface area contributed by atoms with Crippen LogP contribution < -0.4 is 10.3 Å². The minimum atomic E-state index is -0.671. The molecule has 0 aliphatic rings. The van der Waals surface area contributed by atoms with Gasteiger partial charge in [-0.3, -0.25) is 14.2 Å². The molecule has 142 valence electrons. The van der Waals surface area contributed by atoms with Crippen LogP contribution in [-0.4, -0.2) is 35.8 Å². The number of benzene rings is 1. The van der Waals surface area contributed by atoms with E-state index in [4.69, 9.17) is 21.1 Å². The van der Waals surface area contributed by atoms with Gasteiger partial charge in [-0.05, 0) is 43.2 Å². The van der Waals surface area contributed by atoms with E-state index < -0.39 is 17.2 Å². The lowest BCUT2D eigenvalue weighted by Crippen LogP contribution is -2.29. The summed E-state index contributed by atoms with van der Waals surface area (Å²) in [5.41, 5.74) is -0.117. The topological polar surface area (TPSA) is 102 Å². The molecule has 0 spiro atoms. The van der Waals surface area contributed by atoms with Crippen LogP contribution in [0.5, 0.6) is 11.6 Å². The first-order chi connectivity index (χ1) is 12.8. The van der Waals surface area contributed by atoms with E-state index in [0.29, 0.717) is 10.8 Å². The molecule has 2 aromatic rings. The fourth-order valence-corrected chi connectivity index (χ4v) is 2.89. The third-order valence-electron chi connectivity index (χ3n) is 4.09. The third kappa shape index (κ3) is 4.30. The van der Waals surface area contributed by atoms with Gasteiger partial charge in [0.1, 0.15) is 17.4 Å². The number of ketones is 1. The first-order valence-corrected chi connectivity index (χ1v) is 8.47. The average molecular weight is 391 g/mol. The van der Waals surface area contributed by atoms with Crippen LogP contribution >= 0.6 is 11.6 Å². The summed E-state index contributed by atoms with van der Waals surface area (Å²) in [6, 6.07) is 6.77. The van der Waals surface area contributed by atoms with Crippen molar-refractivity contribution in [3.63, 3.8) is 0 Å². The molecular formula is C19H19ClN2O5. The molecule has 0 aliphatic heterocycles. The smallest absolute Gasteiger partial charge is 0.271 e. The summed E-state index contributed by atoms with van der Waals surface area (Å²) >= 11 is 5.90. The van der Waals surface area contributed by atoms with Crippen LogP contribution in [0.1, 0.15) is 27.0 Å². The van der Waals surface area contributed by atoms with E-state index in [1.165, 1.54) is 14.0 Å². The number of halogens is 1. The van der Waals surface area contributed by atoms with E-state index in [-0.39, 0.29) is 36.4 Å². The van der Waals surface area contributed by atoms with E-state index in [1.54, 1.807) is 31.2 Å². The Morgan fingerprint density at radius 3 is 2.67 bits per heavy atom. The Hall–Kier alpha value is -2.82. The van der Waals surface area contributed by atoms with E-state index >= 15 is 0 Å². The number of nitrogens with zero attached hydrogens (tertiary/aromatic N) is 2. The highest BCUT2D eigenvalue weighted by molar-refractivity contribution is 6.30. The highest BCUT2D eigenvalue weighted by atomic mass is 35.5. The van der Waals surface area contributed by atoms with Gasteiger partial charge in [-0.1, -0.05) is 11.6 Å². The molecule has 27 heavy (non-hydrogen) atoms. The van der Waals surface area contributed by atoms with Gasteiger partial charge in [0.2, 0.25) is 11.7 Å². The number of Topliss-reactive ketones (excluding diaryl/α,β-unsaturated/α-hetero) is 1. The van der Waals surface area contributed by atoms with Crippen molar-refractivity contribution in [2.75, 3.05) is 20.3 Å². The molecule has 2 rings (SSSR count). The van der Waals surface area contributed by atoms with Gasteiger partial charge < -0.3 is 14.6 Å². The molecule has 0 saturated carbocycles. The largest absolute Gasteiger partial charge is 0.494 e. The molecule has 0 aliphatic carbocycles. The summed E-state index contributed by atoms with van der Waals surface area (Å²) in [4.78, 5) is 25.0. The summed E-state index contributed by atoms with van der Waals surface area (Å²) < 4.78 is 11.4. The molecule has 8 heteroatoms. The molecule has 0 saturated heterocycles. The average Bonchev–Trinajstić information content (AvgIpc) is 2.61. The van der Waals surface area contributed by atoms with Gasteiger partial charge in [0.25, 0.3) is 5.56 Å². The molecule has 1 aromatic heterocycles. The fourth-order valence-electron chi connectivity index (χ4n) is 2.66. The minimum absolute atomic E-state index is 0.00750. The third-order valence-corrected chi connectivity index (χ3v) is 4.33. The number of aromatic nitrogens is 1. The molecule has 0 atom stereocenters. The maximum atomic E-state index is 12.7. The van der Waals surface area contributed by atoms with Crippen molar-refractivity contribution < 1.29 is 19.4 Å². The predicted octanol–water partition coefficient (Wildman–Crippen LogP) is 2.60. The number of pyridine rings is 1. The van der Waals surface area contributed by atoms with Gasteiger partial charge in [0.05, 0.1) is 18.7 Å². The molecule has 0 bridgehead atoms. The Morgan fingerprint density at radius 1 is 1.37 bits per heavy atom. The molecule has 0 radical (unpaired) electrons. The Labute approximate surface area is 161 Å². The Balaban J connectivity index is 2.39. The van der Waals surface area contributed by atoms with E-state index in [9.17, 15) is 20.0 Å². The molecule has 0 fully saturated rings. The lowest BCUT2D eigenvalue weighted by atomic mass is 10.0. The second-order valence-corrected chi connectivity index (χ2v) is 6.32. The van der Waals surface area contributed by atoms with Gasteiger partial charge >= 0.3 is 0 Å². The lowest BCUT2D eigenvalue weighted by Gasteiger charge is -2.16. The summed E-state index contributed by atoms with van der Waals surface area (Å²) in [7, 11) is 1.44. The van der Waals surface area contributed by atoms with E-state index in [0.717, 1.165) is 10.1 Å². The van der Waals surface area contributed by atoms with Crippen LogP contribution in [-0.2, 0) is 11.3 Å². The minimum Gasteiger partial charge on any atom is -0.494 e. The zero-order valence-electron chi connectivity index (χ0n) is 15.2. The van der Waals surface area contributed by atoms with Gasteiger partial charge in [-0.15, -0.1) is 0 Å². The first-order valence-electron chi connectivity index (χ1n) is 8.09. The van der Waals surface area contributed by atoms with Gasteiger partial charge in [0, 0.05) is 12.1 Å². The van der Waals surface area contributed by atoms with Crippen molar-refractivity contribution in [1.82, 2.24) is 4.57 Å². The molecule has 1 aromatic carbocycles. The lowest BCUT2D eigenvalue weighted by molar-refractivity contribution is 0.0915. The van der Waals surface area contributed by atoms with E-state index in [2.05, 4.69) is 0 Å². The zero-order chi connectivity index (χ0) is 20.1. The Kier molecular flexibility index (Phi) is 6.61. The summed E-state index contributed by atoms with van der Waals surface area (Å²) in [6.45, 7) is 3.00. The number of carbonyl (C=O) groups is 1. The number of nitriles is 1. The van der Waals surface area contributed by atoms with Crippen molar-refractivity contribution in [2.24, 2.45) is 0 Å². The number of aryl methyl sites for hydroxylation is 1. The van der Waals surface area contributed by atoms with Crippen LogP contribution in [0.15, 0.2) is 23.0 Å². The van der Waals surface area contributed by atoms with Gasteiger partial charge in [-0.25, -0.2) is 0 Å². The highest BCUT2D eigenvalue weighted by Crippen LogP contribution is 2.25. The number of hydrogen-bond donors (Lipinski definition) is 1. The second-order valence-electron chi connectivity index (χ2n) is 5.88. The maximum Gasteiger partial charge on any atom is 0.271 e. The second kappa shape index (κ2) is 8.71. The number of rotatable bonds is 7. The van der Waals surface area contributed by atoms with Gasteiger partial charge in [0.15, 0.2) is 6.61 Å². The van der Waals surface area contributed by atoms with E-state index in [1.807, 2.05) is 0 Å². The number of ether oxygens (including phenoxy) is 2. The first kappa shape index (κ1) is 20.5. The van der Waals surface area contributed by atoms with Crippen LogP contribution in [0.3, 0.4) is 0 Å². The number of aromatic hydroxyl groups is 1. The normalized spacial score (nSPS) is 10.5. The summed E-state index contributed by atoms with van der Waals surface area (Å²) in [5, 5.41) is 20.3. The van der Waals surface area contributed by atoms with Crippen molar-refractivity contribution >= 4 is 17.4 Å². The Bertz CT molecular complexity index is 976. The van der Waals surface area contributed by atoms with Crippen molar-refractivity contribution in [3.05, 3.63) is 55.8 Å². The number of carbonyl (C=O) groups excluding carboxylic acids is 1. The maximum absolute atomic E-state index is 12.7. The van der Waals surface area contributed by atoms with Crippen LogP contribution in [0, 0.1) is 25.2 Å². The van der Waals surface area contributed by atoms with Crippen LogP contribution in [0.2, 0.25) is 5.02 Å². The molecule has 7 nitrogen and oxygen atoms in total. The number of methoxy groups -OCH3 is 1. The van der Waals surface area contributed by atoms with Crippen molar-refractivity contribution in [1.29, 1.82) is 5.26 Å². The predicted molar refractivity (Wildman–Crippen MR) is 99.7 cm³/mol. The Morgan fingerprint density at radius 2 is 2.07 bits per heavy atom. The fraction of sp³-hybridized carbons (Fsp3) is 0.316. The standard InChI is InChI=1S/C19H19ClN2O5/c1-11-8-13(20)4-5-16(11)27-10-15(23)17-12(2)14(9-21)18(24)22(19(17)25)6-7-26-3/h4-5,8,25H,6-7,10H2,1-3H3. The van der Waals surface area contributed by atoms with Crippen molar-refractivity contribution in [3.8, 4) is 17.7 Å². The van der Waals surface area contributed by atoms with Crippen LogP contribution in [0.25, 0.3) is 0 Å². The summed E-state index contributed by atoms with van der Waals surface area (Å²) in [6.07, 6.45) is 0. The molecule has 0 amide bonds. The highest BCUT2D eigenvalue weighted by Gasteiger charge is 2.24. The summed E-state index contributed by atoms with van der Waals surface area (Å²) in [5.74, 6) is -0.588. The molecular weight excluding hydrogens is 372 g/mol. The van der Waals surface area contributed by atoms with Crippen molar-refractivity contribution in [2.45, 2.75) is 20.4 Å². The molecule has 1 heterocycles. The number of hydrogen-bond acceptors (Lipinski definition) is 6.